The summed E-state index contributed by atoms with van der Waals surface area (Å²) in [6.45, 7) is 0. The van der Waals surface area contributed by atoms with E-state index in [1.54, 1.807) is 0 Å². The molecule has 0 aromatic carbocycles. The number of alkyl halides is 3. The maximum absolute atomic E-state index is 9.91. The first-order chi connectivity index (χ1) is 2.00. The fraction of sp³-hybridized carbons (Fsp3) is 1.00. The van der Waals surface area contributed by atoms with Gasteiger partial charge in [0.05, 0.1) is 0 Å². The van der Waals surface area contributed by atoms with Crippen molar-refractivity contribution in [3.63, 3.8) is 0 Å². The van der Waals surface area contributed by atoms with Crippen LogP contribution in [0, 0.1) is 0 Å². The van der Waals surface area contributed by atoms with Gasteiger partial charge in [-0.15, -0.1) is 13.2 Å². The zero-order valence-corrected chi connectivity index (χ0v) is 2.08. The quantitative estimate of drug-likeness (QED) is 0.539. The van der Waals surface area contributed by atoms with Crippen molar-refractivity contribution < 1.29 is 18.3 Å². The Morgan fingerprint density at radius 1 is 1.17 bits per heavy atom. The molecule has 6 heavy (non-hydrogen) atoms. The molecule has 0 aromatic heterocycles. The zero-order valence-electron chi connectivity index (χ0n) is 2.08. The summed E-state index contributed by atoms with van der Waals surface area (Å²) >= 11 is 0. The van der Waals surface area contributed by atoms with E-state index in [1.807, 2.05) is 0 Å². The summed E-state index contributed by atoms with van der Waals surface area (Å²) in [5.74, 6) is 0. The molecule has 5 heteroatoms. The number of hydrogen-bond donors (Lipinski definition) is 1. The first kappa shape index (κ1) is 10.5. The van der Waals surface area contributed by atoms with Gasteiger partial charge in [-0.05, 0) is 0 Å². The van der Waals surface area contributed by atoms with Crippen molar-refractivity contribution in [2.75, 3.05) is 0 Å². The SMILES string of the molecule is OC(F)(F)F.[RbH]. The molecular formula is CH2F3ORb. The molecular weight excluding hydrogens is 170 g/mol. The molecule has 34 valence electrons. The molecule has 0 aliphatic rings. The molecule has 0 unspecified atom stereocenters. The van der Waals surface area contributed by atoms with E-state index in [-0.39, 0.29) is 58.2 Å². The van der Waals surface area contributed by atoms with Gasteiger partial charge in [0.1, 0.15) is 0 Å². The van der Waals surface area contributed by atoms with Gasteiger partial charge >= 0.3 is 64.5 Å². The third-order valence-electron chi connectivity index (χ3n) is 0. The molecule has 1 N–H and O–H groups in total. The predicted molar refractivity (Wildman–Crippen MR) is 15.4 cm³/mol. The Morgan fingerprint density at radius 3 is 1.17 bits per heavy atom. The van der Waals surface area contributed by atoms with E-state index in [2.05, 4.69) is 0 Å². The summed E-state index contributed by atoms with van der Waals surface area (Å²) in [5.41, 5.74) is 0. The second-order valence-electron chi connectivity index (χ2n) is 0.468. The summed E-state index contributed by atoms with van der Waals surface area (Å²) in [6.07, 6.45) is -5.00. The molecule has 0 bridgehead atoms. The van der Waals surface area contributed by atoms with Crippen molar-refractivity contribution in [3.8, 4) is 0 Å². The first-order valence-electron chi connectivity index (χ1n) is 0.791. The van der Waals surface area contributed by atoms with E-state index >= 15 is 0 Å². The first-order valence-corrected chi connectivity index (χ1v) is 0.791. The molecule has 0 amide bonds. The normalized spacial score (nSPS) is 10.0. The van der Waals surface area contributed by atoms with Gasteiger partial charge in [0.15, 0.2) is 0 Å². The molecule has 1 nitrogen and oxygen atoms in total. The van der Waals surface area contributed by atoms with Crippen molar-refractivity contribution in [3.05, 3.63) is 0 Å². The van der Waals surface area contributed by atoms with Gasteiger partial charge in [-0.3, -0.25) is 0 Å². The van der Waals surface area contributed by atoms with Gasteiger partial charge < -0.3 is 5.11 Å². The average molecular weight is 172 g/mol. The van der Waals surface area contributed by atoms with E-state index in [0.29, 0.717) is 0 Å². The number of aliphatic hydroxyl groups is 1. The number of halogens is 3. The van der Waals surface area contributed by atoms with E-state index in [0.717, 1.165) is 0 Å². The van der Waals surface area contributed by atoms with Crippen LogP contribution < -0.4 is 0 Å². The van der Waals surface area contributed by atoms with Crippen LogP contribution in [0.3, 0.4) is 0 Å². The third kappa shape index (κ3) is 47.7. The van der Waals surface area contributed by atoms with E-state index in [9.17, 15) is 13.2 Å². The fourth-order valence-corrected chi connectivity index (χ4v) is 0. The Bertz CT molecular complexity index is 26.3. The molecule has 0 saturated carbocycles. The van der Waals surface area contributed by atoms with Gasteiger partial charge in [-0.2, -0.15) is 0 Å². The molecule has 0 radical (unpaired) electrons. The Morgan fingerprint density at radius 2 is 1.17 bits per heavy atom. The van der Waals surface area contributed by atoms with Crippen molar-refractivity contribution in [2.45, 2.75) is 6.36 Å². The molecule has 0 atom stereocenters. The summed E-state index contributed by atoms with van der Waals surface area (Å²) in [4.78, 5) is 0. The second kappa shape index (κ2) is 3.54. The van der Waals surface area contributed by atoms with Gasteiger partial charge in [0, 0.05) is 0 Å². The molecule has 0 rings (SSSR count). The fourth-order valence-electron chi connectivity index (χ4n) is 0. The molecule has 0 saturated heterocycles. The van der Waals surface area contributed by atoms with Crippen LogP contribution in [0.4, 0.5) is 13.2 Å². The van der Waals surface area contributed by atoms with Crippen LogP contribution in [0.25, 0.3) is 0 Å². The van der Waals surface area contributed by atoms with E-state index in [1.165, 1.54) is 0 Å². The monoisotopic (exact) mass is 172 g/mol. The van der Waals surface area contributed by atoms with Crippen LogP contribution in [-0.2, 0) is 0 Å². The minimum absolute atomic E-state index is 0. The molecule has 0 fully saturated rings. The van der Waals surface area contributed by atoms with Crippen molar-refractivity contribution >= 4 is 58.2 Å². The maximum atomic E-state index is 9.91. The average Bonchev–Trinajstić information content (AvgIpc) is 0.722. The molecule has 0 aromatic rings. The summed E-state index contributed by atoms with van der Waals surface area (Å²) in [5, 5.41) is 6.52. The Hall–Kier alpha value is 1.56. The Labute approximate surface area is 81.3 Å². The van der Waals surface area contributed by atoms with E-state index in [4.69, 9.17) is 5.11 Å². The van der Waals surface area contributed by atoms with Crippen LogP contribution in [0.1, 0.15) is 0 Å². The number of rotatable bonds is 0. The van der Waals surface area contributed by atoms with Crippen LogP contribution in [0.5, 0.6) is 0 Å². The van der Waals surface area contributed by atoms with Crippen molar-refractivity contribution in [2.24, 2.45) is 0 Å². The van der Waals surface area contributed by atoms with Crippen LogP contribution in [-0.4, -0.2) is 69.7 Å². The van der Waals surface area contributed by atoms with Gasteiger partial charge in [0.25, 0.3) is 0 Å². The topological polar surface area (TPSA) is 20.2 Å². The van der Waals surface area contributed by atoms with Crippen molar-refractivity contribution in [1.29, 1.82) is 0 Å². The zero-order chi connectivity index (χ0) is 4.50. The summed E-state index contributed by atoms with van der Waals surface area (Å²) < 4.78 is 29.7. The van der Waals surface area contributed by atoms with Crippen molar-refractivity contribution in [1.82, 2.24) is 0 Å². The molecule has 0 spiro atoms. The Kier molecular flexibility index (Phi) is 6.21. The third-order valence-corrected chi connectivity index (χ3v) is 0. The molecule has 0 aliphatic carbocycles. The number of hydrogen-bond acceptors (Lipinski definition) is 1. The van der Waals surface area contributed by atoms with Gasteiger partial charge in [0.2, 0.25) is 0 Å². The van der Waals surface area contributed by atoms with Gasteiger partial charge in [-0.1, -0.05) is 0 Å². The minimum atomic E-state index is -5.00. The second-order valence-corrected chi connectivity index (χ2v) is 0.468. The standard InChI is InChI=1S/CHF3O.Rb.H/c2-1(3,4)5;;/h5H;;. The molecule has 0 heterocycles. The van der Waals surface area contributed by atoms with Crippen LogP contribution in [0.2, 0.25) is 0 Å². The van der Waals surface area contributed by atoms with Gasteiger partial charge in [-0.25, -0.2) is 0 Å². The van der Waals surface area contributed by atoms with Crippen LogP contribution in [0.15, 0.2) is 0 Å². The predicted octanol–water partition coefficient (Wildman–Crippen LogP) is -0.150. The van der Waals surface area contributed by atoms with Crippen LogP contribution >= 0.6 is 0 Å². The Balaban J connectivity index is 0. The van der Waals surface area contributed by atoms with E-state index < -0.39 is 6.36 Å². The molecule has 0 aliphatic heterocycles. The summed E-state index contributed by atoms with van der Waals surface area (Å²) in [6, 6.07) is 0. The summed E-state index contributed by atoms with van der Waals surface area (Å²) in [7, 11) is 0.